The van der Waals surface area contributed by atoms with Crippen LogP contribution in [0.3, 0.4) is 0 Å². The maximum Gasteiger partial charge on any atom is 0.305 e. The number of ether oxygens (including phenoxy) is 1. The van der Waals surface area contributed by atoms with Gasteiger partial charge in [0.2, 0.25) is 0 Å². The Balaban J connectivity index is 0. The summed E-state index contributed by atoms with van der Waals surface area (Å²) >= 11 is 0. The highest BCUT2D eigenvalue weighted by Gasteiger charge is 2.13. The molecule has 0 heterocycles. The molecule has 0 amide bonds. The predicted molar refractivity (Wildman–Crippen MR) is 60.0 cm³/mol. The summed E-state index contributed by atoms with van der Waals surface area (Å²) in [7, 11) is 1.41. The van der Waals surface area contributed by atoms with Gasteiger partial charge in [0.15, 0.2) is 0 Å². The number of hydrogen-bond acceptors (Lipinski definition) is 3. The van der Waals surface area contributed by atoms with Crippen molar-refractivity contribution >= 4 is 5.97 Å². The molecule has 3 heteroatoms. The normalized spacial score (nSPS) is 11.6. The van der Waals surface area contributed by atoms with Gasteiger partial charge in [-0.3, -0.25) is 4.79 Å². The molecular weight excluding hydrogens is 178 g/mol. The first-order chi connectivity index (χ1) is 6.60. The highest BCUT2D eigenvalue weighted by atomic mass is 16.5. The lowest BCUT2D eigenvalue weighted by atomic mass is 9.94. The molecule has 0 aliphatic heterocycles. The molecule has 14 heavy (non-hydrogen) atoms. The van der Waals surface area contributed by atoms with Crippen molar-refractivity contribution in [3.05, 3.63) is 0 Å². The van der Waals surface area contributed by atoms with Gasteiger partial charge in [0.25, 0.3) is 0 Å². The summed E-state index contributed by atoms with van der Waals surface area (Å²) in [5, 5.41) is 0. The number of methoxy groups -OCH3 is 1. The average Bonchev–Trinajstić information content (AvgIpc) is 2.19. The van der Waals surface area contributed by atoms with E-state index in [0.29, 0.717) is 18.9 Å². The molecule has 0 fully saturated rings. The van der Waals surface area contributed by atoms with E-state index in [-0.39, 0.29) is 11.9 Å². The molecule has 2 N–H and O–H groups in total. The minimum atomic E-state index is -0.161. The topological polar surface area (TPSA) is 52.3 Å². The Morgan fingerprint density at radius 2 is 1.86 bits per heavy atom. The van der Waals surface area contributed by atoms with Crippen LogP contribution in [0.2, 0.25) is 0 Å². The lowest BCUT2D eigenvalue weighted by Crippen LogP contribution is -2.20. The third-order valence-corrected chi connectivity index (χ3v) is 1.82. The average molecular weight is 203 g/mol. The third-order valence-electron chi connectivity index (χ3n) is 1.82. The summed E-state index contributed by atoms with van der Waals surface area (Å²) in [5.74, 6) is 0.701. The van der Waals surface area contributed by atoms with Crippen LogP contribution in [-0.4, -0.2) is 19.6 Å². The first-order valence-corrected chi connectivity index (χ1v) is 5.37. The van der Waals surface area contributed by atoms with Crippen LogP contribution in [0.25, 0.3) is 0 Å². The maximum absolute atomic E-state index is 10.9. The second kappa shape index (κ2) is 10.5. The van der Waals surface area contributed by atoms with Gasteiger partial charge in [-0.15, -0.1) is 0 Å². The Kier molecular flexibility index (Phi) is 11.9. The van der Waals surface area contributed by atoms with E-state index in [9.17, 15) is 4.79 Å². The first-order valence-electron chi connectivity index (χ1n) is 5.37. The predicted octanol–water partition coefficient (Wildman–Crippen LogP) is 2.20. The van der Waals surface area contributed by atoms with Gasteiger partial charge in [-0.05, 0) is 24.8 Å². The molecule has 3 nitrogen and oxygen atoms in total. The van der Waals surface area contributed by atoms with Crippen LogP contribution >= 0.6 is 0 Å². The van der Waals surface area contributed by atoms with Gasteiger partial charge in [-0.2, -0.15) is 0 Å². The fourth-order valence-corrected chi connectivity index (χ4v) is 1.25. The van der Waals surface area contributed by atoms with Gasteiger partial charge in [0, 0.05) is 6.42 Å². The van der Waals surface area contributed by atoms with Crippen LogP contribution in [0.4, 0.5) is 0 Å². The monoisotopic (exact) mass is 203 g/mol. The van der Waals surface area contributed by atoms with Crippen molar-refractivity contribution in [1.82, 2.24) is 0 Å². The van der Waals surface area contributed by atoms with Gasteiger partial charge in [-0.25, -0.2) is 0 Å². The SMILES string of the molecule is CC.COC(=O)CC(CN)CC(C)C. The van der Waals surface area contributed by atoms with Crippen molar-refractivity contribution in [2.45, 2.75) is 40.5 Å². The summed E-state index contributed by atoms with van der Waals surface area (Å²) in [6.07, 6.45) is 1.44. The Morgan fingerprint density at radius 1 is 1.36 bits per heavy atom. The van der Waals surface area contributed by atoms with E-state index in [1.165, 1.54) is 7.11 Å². The molecule has 0 saturated heterocycles. The Morgan fingerprint density at radius 3 is 2.14 bits per heavy atom. The number of rotatable bonds is 5. The van der Waals surface area contributed by atoms with E-state index in [1.807, 2.05) is 13.8 Å². The molecular formula is C11H25NO2. The van der Waals surface area contributed by atoms with Crippen LogP contribution in [-0.2, 0) is 9.53 Å². The minimum absolute atomic E-state index is 0.161. The van der Waals surface area contributed by atoms with Crippen LogP contribution in [0, 0.1) is 11.8 Å². The molecule has 0 saturated carbocycles. The molecule has 1 unspecified atom stereocenters. The van der Waals surface area contributed by atoms with Crippen LogP contribution in [0.15, 0.2) is 0 Å². The molecule has 0 radical (unpaired) electrons. The molecule has 0 aromatic heterocycles. The van der Waals surface area contributed by atoms with E-state index in [0.717, 1.165) is 6.42 Å². The Bertz CT molecular complexity index is 135. The number of nitrogens with two attached hydrogens (primary N) is 1. The zero-order valence-corrected chi connectivity index (χ0v) is 10.2. The first kappa shape index (κ1) is 15.9. The third kappa shape index (κ3) is 9.52. The van der Waals surface area contributed by atoms with Crippen LogP contribution in [0.1, 0.15) is 40.5 Å². The van der Waals surface area contributed by atoms with E-state index in [2.05, 4.69) is 18.6 Å². The second-order valence-electron chi connectivity index (χ2n) is 3.51. The fourth-order valence-electron chi connectivity index (χ4n) is 1.25. The van der Waals surface area contributed by atoms with Crippen molar-refractivity contribution < 1.29 is 9.53 Å². The highest BCUT2D eigenvalue weighted by Crippen LogP contribution is 2.14. The second-order valence-corrected chi connectivity index (χ2v) is 3.51. The largest absolute Gasteiger partial charge is 0.469 e. The fraction of sp³-hybridized carbons (Fsp3) is 0.909. The molecule has 0 aromatic rings. The lowest BCUT2D eigenvalue weighted by Gasteiger charge is -2.15. The summed E-state index contributed by atoms with van der Waals surface area (Å²) in [4.78, 5) is 10.9. The van der Waals surface area contributed by atoms with Crippen molar-refractivity contribution in [3.8, 4) is 0 Å². The van der Waals surface area contributed by atoms with Gasteiger partial charge in [0.05, 0.1) is 7.11 Å². The molecule has 86 valence electrons. The van der Waals surface area contributed by atoms with Gasteiger partial charge >= 0.3 is 5.97 Å². The Hall–Kier alpha value is -0.570. The smallest absolute Gasteiger partial charge is 0.305 e. The zero-order chi connectivity index (χ0) is 11.6. The van der Waals surface area contributed by atoms with Crippen molar-refractivity contribution in [3.63, 3.8) is 0 Å². The Labute approximate surface area is 88.0 Å². The number of hydrogen-bond donors (Lipinski definition) is 1. The minimum Gasteiger partial charge on any atom is -0.469 e. The quantitative estimate of drug-likeness (QED) is 0.697. The lowest BCUT2D eigenvalue weighted by molar-refractivity contribution is -0.141. The van der Waals surface area contributed by atoms with E-state index < -0.39 is 0 Å². The van der Waals surface area contributed by atoms with Gasteiger partial charge in [-0.1, -0.05) is 27.7 Å². The number of esters is 1. The van der Waals surface area contributed by atoms with Gasteiger partial charge in [0.1, 0.15) is 0 Å². The van der Waals surface area contributed by atoms with Crippen molar-refractivity contribution in [2.75, 3.05) is 13.7 Å². The van der Waals surface area contributed by atoms with E-state index in [1.54, 1.807) is 0 Å². The summed E-state index contributed by atoms with van der Waals surface area (Å²) in [5.41, 5.74) is 5.52. The molecule has 0 spiro atoms. The summed E-state index contributed by atoms with van der Waals surface area (Å²) in [6.45, 7) is 8.81. The highest BCUT2D eigenvalue weighted by molar-refractivity contribution is 5.69. The molecule has 0 rings (SSSR count). The summed E-state index contributed by atoms with van der Waals surface area (Å²) in [6, 6.07) is 0. The van der Waals surface area contributed by atoms with Crippen LogP contribution < -0.4 is 5.73 Å². The van der Waals surface area contributed by atoms with Crippen LogP contribution in [0.5, 0.6) is 0 Å². The zero-order valence-electron chi connectivity index (χ0n) is 10.2. The molecule has 0 aliphatic carbocycles. The number of carbonyl (C=O) groups excluding carboxylic acids is 1. The molecule has 1 atom stereocenters. The van der Waals surface area contributed by atoms with Gasteiger partial charge < -0.3 is 10.5 Å². The van der Waals surface area contributed by atoms with E-state index in [4.69, 9.17) is 5.73 Å². The van der Waals surface area contributed by atoms with E-state index >= 15 is 0 Å². The molecule has 0 aliphatic rings. The van der Waals surface area contributed by atoms with Crippen molar-refractivity contribution in [1.29, 1.82) is 0 Å². The molecule has 0 aromatic carbocycles. The maximum atomic E-state index is 10.9. The standard InChI is InChI=1S/C9H19NO2.C2H6/c1-7(2)4-8(6-10)5-9(11)12-3;1-2/h7-8H,4-6,10H2,1-3H3;1-2H3. The van der Waals surface area contributed by atoms with Crippen molar-refractivity contribution in [2.24, 2.45) is 17.6 Å². The summed E-state index contributed by atoms with van der Waals surface area (Å²) < 4.78 is 4.57. The number of carbonyl (C=O) groups is 1. The molecule has 0 bridgehead atoms.